The lowest BCUT2D eigenvalue weighted by Crippen LogP contribution is -2.28. The predicted octanol–water partition coefficient (Wildman–Crippen LogP) is 3.55. The fraction of sp³-hybridized carbons (Fsp3) is 0.238. The highest BCUT2D eigenvalue weighted by atomic mass is 16.5. The van der Waals surface area contributed by atoms with Crippen molar-refractivity contribution in [3.63, 3.8) is 0 Å². The first-order valence-electron chi connectivity index (χ1n) is 8.58. The van der Waals surface area contributed by atoms with E-state index in [4.69, 9.17) is 4.74 Å². The molecule has 1 unspecified atom stereocenters. The summed E-state index contributed by atoms with van der Waals surface area (Å²) in [5.74, 6) is 0.180. The van der Waals surface area contributed by atoms with E-state index in [9.17, 15) is 9.59 Å². The van der Waals surface area contributed by atoms with Crippen molar-refractivity contribution in [2.45, 2.75) is 13.3 Å². The average molecular weight is 350 g/mol. The van der Waals surface area contributed by atoms with Crippen LogP contribution in [-0.4, -0.2) is 25.0 Å². The maximum absolute atomic E-state index is 12.5. The molecule has 2 aromatic rings. The minimum atomic E-state index is -0.361. The lowest BCUT2D eigenvalue weighted by atomic mass is 10.1. The van der Waals surface area contributed by atoms with Gasteiger partial charge in [-0.1, -0.05) is 30.4 Å². The van der Waals surface area contributed by atoms with Gasteiger partial charge in [-0.25, -0.2) is 0 Å². The molecule has 5 heteroatoms. The molecule has 2 amide bonds. The summed E-state index contributed by atoms with van der Waals surface area (Å²) in [5, 5.41) is 2.88. The van der Waals surface area contributed by atoms with E-state index < -0.39 is 0 Å². The SMILES string of the molecule is C=CCOc1ccc(NC(=O)C2CC(=O)N(c3ccc(C)cc3)C2)cc1. The van der Waals surface area contributed by atoms with Crippen molar-refractivity contribution < 1.29 is 14.3 Å². The van der Waals surface area contributed by atoms with Crippen molar-refractivity contribution >= 4 is 23.2 Å². The Morgan fingerprint density at radius 1 is 1.23 bits per heavy atom. The zero-order valence-corrected chi connectivity index (χ0v) is 14.8. The molecule has 3 rings (SSSR count). The van der Waals surface area contributed by atoms with E-state index >= 15 is 0 Å². The molecule has 1 atom stereocenters. The fourth-order valence-electron chi connectivity index (χ4n) is 2.89. The first-order chi connectivity index (χ1) is 12.6. The smallest absolute Gasteiger partial charge is 0.229 e. The molecule has 1 aliphatic heterocycles. The van der Waals surface area contributed by atoms with Gasteiger partial charge in [0.25, 0.3) is 0 Å². The van der Waals surface area contributed by atoms with E-state index in [0.29, 0.717) is 24.6 Å². The fourth-order valence-corrected chi connectivity index (χ4v) is 2.89. The predicted molar refractivity (Wildman–Crippen MR) is 102 cm³/mol. The van der Waals surface area contributed by atoms with Gasteiger partial charge in [0, 0.05) is 24.3 Å². The van der Waals surface area contributed by atoms with Crippen LogP contribution in [0.15, 0.2) is 61.2 Å². The van der Waals surface area contributed by atoms with Crippen LogP contribution in [0.3, 0.4) is 0 Å². The van der Waals surface area contributed by atoms with Gasteiger partial charge in [0.15, 0.2) is 0 Å². The van der Waals surface area contributed by atoms with Crippen LogP contribution in [0.1, 0.15) is 12.0 Å². The number of carbonyl (C=O) groups is 2. The lowest BCUT2D eigenvalue weighted by Gasteiger charge is -2.17. The molecule has 1 fully saturated rings. The standard InChI is InChI=1S/C21H22N2O3/c1-3-12-26-19-10-6-17(7-11-19)22-21(25)16-13-20(24)23(14-16)18-8-4-15(2)5-9-18/h3-11,16H,1,12-14H2,2H3,(H,22,25). The van der Waals surface area contributed by atoms with Gasteiger partial charge >= 0.3 is 0 Å². The number of rotatable bonds is 6. The van der Waals surface area contributed by atoms with Gasteiger partial charge in [-0.05, 0) is 43.3 Å². The van der Waals surface area contributed by atoms with E-state index in [1.807, 2.05) is 31.2 Å². The molecule has 1 saturated heterocycles. The quantitative estimate of drug-likeness (QED) is 0.811. The molecule has 1 heterocycles. The van der Waals surface area contributed by atoms with Gasteiger partial charge in [-0.15, -0.1) is 0 Å². The molecule has 0 bridgehead atoms. The van der Waals surface area contributed by atoms with Crippen LogP contribution in [-0.2, 0) is 9.59 Å². The topological polar surface area (TPSA) is 58.6 Å². The molecule has 5 nitrogen and oxygen atoms in total. The Bertz CT molecular complexity index is 797. The van der Waals surface area contributed by atoms with Crippen LogP contribution in [0.2, 0.25) is 0 Å². The molecule has 134 valence electrons. The minimum Gasteiger partial charge on any atom is -0.490 e. The summed E-state index contributed by atoms with van der Waals surface area (Å²) in [6, 6.07) is 14.9. The summed E-state index contributed by atoms with van der Waals surface area (Å²) in [4.78, 5) is 26.5. The second kappa shape index (κ2) is 7.87. The van der Waals surface area contributed by atoms with Gasteiger partial charge in [0.1, 0.15) is 12.4 Å². The number of hydrogen-bond donors (Lipinski definition) is 1. The maximum atomic E-state index is 12.5. The van der Waals surface area contributed by atoms with Crippen molar-refractivity contribution in [2.75, 3.05) is 23.4 Å². The van der Waals surface area contributed by atoms with Gasteiger partial charge in [0.2, 0.25) is 11.8 Å². The largest absolute Gasteiger partial charge is 0.490 e. The summed E-state index contributed by atoms with van der Waals surface area (Å²) >= 11 is 0. The number of benzene rings is 2. The molecule has 1 aliphatic rings. The first kappa shape index (κ1) is 17.7. The van der Waals surface area contributed by atoms with E-state index in [0.717, 1.165) is 11.3 Å². The van der Waals surface area contributed by atoms with Gasteiger partial charge in [-0.3, -0.25) is 9.59 Å². The molecule has 2 aromatic carbocycles. The normalized spacial score (nSPS) is 16.4. The zero-order valence-electron chi connectivity index (χ0n) is 14.8. The van der Waals surface area contributed by atoms with Crippen molar-refractivity contribution in [1.82, 2.24) is 0 Å². The molecule has 0 saturated carbocycles. The Balaban J connectivity index is 1.61. The van der Waals surface area contributed by atoms with Crippen molar-refractivity contribution in [3.8, 4) is 5.75 Å². The number of nitrogens with one attached hydrogen (secondary N) is 1. The zero-order chi connectivity index (χ0) is 18.5. The van der Waals surface area contributed by atoms with E-state index in [-0.39, 0.29) is 24.2 Å². The summed E-state index contributed by atoms with van der Waals surface area (Å²) in [6.07, 6.45) is 1.90. The summed E-state index contributed by atoms with van der Waals surface area (Å²) in [5.41, 5.74) is 2.65. The van der Waals surface area contributed by atoms with Gasteiger partial charge < -0.3 is 15.0 Å². The Morgan fingerprint density at radius 2 is 1.92 bits per heavy atom. The van der Waals surface area contributed by atoms with Crippen molar-refractivity contribution in [3.05, 3.63) is 66.7 Å². The summed E-state index contributed by atoms with van der Waals surface area (Å²) < 4.78 is 5.42. The Hall–Kier alpha value is -3.08. The van der Waals surface area contributed by atoms with E-state index in [1.165, 1.54) is 0 Å². The summed E-state index contributed by atoms with van der Waals surface area (Å²) in [7, 11) is 0. The monoisotopic (exact) mass is 350 g/mol. The summed E-state index contributed by atoms with van der Waals surface area (Å²) in [6.45, 7) is 6.43. The number of nitrogens with zero attached hydrogens (tertiary/aromatic N) is 1. The van der Waals surface area contributed by atoms with Crippen LogP contribution in [0.25, 0.3) is 0 Å². The molecule has 0 aliphatic carbocycles. The minimum absolute atomic E-state index is 0.0258. The maximum Gasteiger partial charge on any atom is 0.229 e. The molecule has 26 heavy (non-hydrogen) atoms. The molecule has 0 aromatic heterocycles. The first-order valence-corrected chi connectivity index (χ1v) is 8.58. The Morgan fingerprint density at radius 3 is 2.58 bits per heavy atom. The molecule has 0 spiro atoms. The third-order valence-electron chi connectivity index (χ3n) is 4.33. The van der Waals surface area contributed by atoms with Crippen molar-refractivity contribution in [2.24, 2.45) is 5.92 Å². The van der Waals surface area contributed by atoms with Gasteiger partial charge in [-0.2, -0.15) is 0 Å². The highest BCUT2D eigenvalue weighted by Gasteiger charge is 2.35. The molecule has 1 N–H and O–H groups in total. The number of carbonyl (C=O) groups excluding carboxylic acids is 2. The number of anilines is 2. The second-order valence-electron chi connectivity index (χ2n) is 6.35. The van der Waals surface area contributed by atoms with Crippen LogP contribution in [0.5, 0.6) is 5.75 Å². The molecule has 0 radical (unpaired) electrons. The number of ether oxygens (including phenoxy) is 1. The Labute approximate surface area is 153 Å². The van der Waals surface area contributed by atoms with Crippen LogP contribution in [0.4, 0.5) is 11.4 Å². The Kier molecular flexibility index (Phi) is 5.37. The van der Waals surface area contributed by atoms with Crippen molar-refractivity contribution in [1.29, 1.82) is 0 Å². The molecular formula is C21H22N2O3. The number of amides is 2. The van der Waals surface area contributed by atoms with E-state index in [1.54, 1.807) is 35.2 Å². The van der Waals surface area contributed by atoms with Crippen LogP contribution >= 0.6 is 0 Å². The molecular weight excluding hydrogens is 328 g/mol. The van der Waals surface area contributed by atoms with Crippen LogP contribution < -0.4 is 15.0 Å². The third kappa shape index (κ3) is 4.11. The average Bonchev–Trinajstić information content (AvgIpc) is 3.04. The van der Waals surface area contributed by atoms with Gasteiger partial charge in [0.05, 0.1) is 5.92 Å². The van der Waals surface area contributed by atoms with E-state index in [2.05, 4.69) is 11.9 Å². The lowest BCUT2D eigenvalue weighted by molar-refractivity contribution is -0.122. The highest BCUT2D eigenvalue weighted by molar-refractivity contribution is 6.03. The van der Waals surface area contributed by atoms with Crippen LogP contribution in [0, 0.1) is 12.8 Å². The second-order valence-corrected chi connectivity index (χ2v) is 6.35. The highest BCUT2D eigenvalue weighted by Crippen LogP contribution is 2.26. The number of aryl methyl sites for hydroxylation is 1. The third-order valence-corrected chi connectivity index (χ3v) is 4.33. The number of hydrogen-bond acceptors (Lipinski definition) is 3.